The van der Waals surface area contributed by atoms with Crippen molar-refractivity contribution in [2.24, 2.45) is 0 Å². The summed E-state index contributed by atoms with van der Waals surface area (Å²) in [7, 11) is 0. The fraction of sp³-hybridized carbons (Fsp3) is 0.800. The Hall–Kier alpha value is -0.310. The Labute approximate surface area is 55.3 Å². The van der Waals surface area contributed by atoms with E-state index < -0.39 is 0 Å². The van der Waals surface area contributed by atoms with Crippen LogP contribution < -0.4 is 0 Å². The SMILES string of the molecule is CCN(CC)C(=O)[S]. The van der Waals surface area contributed by atoms with Crippen LogP contribution >= 0.6 is 12.6 Å². The zero-order valence-corrected chi connectivity index (χ0v) is 5.99. The van der Waals surface area contributed by atoms with E-state index in [-0.39, 0.29) is 5.24 Å². The van der Waals surface area contributed by atoms with Gasteiger partial charge < -0.3 is 4.90 Å². The Morgan fingerprint density at radius 1 is 1.50 bits per heavy atom. The molecule has 0 atom stereocenters. The third-order valence-corrected chi connectivity index (χ3v) is 1.28. The molecule has 0 saturated heterocycles. The summed E-state index contributed by atoms with van der Waals surface area (Å²) < 4.78 is 0. The Kier molecular flexibility index (Phi) is 3.52. The van der Waals surface area contributed by atoms with E-state index in [0.717, 1.165) is 13.1 Å². The fourth-order valence-electron chi connectivity index (χ4n) is 0.482. The van der Waals surface area contributed by atoms with Crippen molar-refractivity contribution in [1.82, 2.24) is 4.90 Å². The second kappa shape index (κ2) is 3.66. The predicted molar refractivity (Wildman–Crippen MR) is 35.9 cm³/mol. The largest absolute Gasteiger partial charge is 0.330 e. The number of rotatable bonds is 2. The molecule has 0 fully saturated rings. The lowest BCUT2D eigenvalue weighted by atomic mass is 10.6. The van der Waals surface area contributed by atoms with Crippen molar-refractivity contribution in [1.29, 1.82) is 0 Å². The summed E-state index contributed by atoms with van der Waals surface area (Å²) in [5.41, 5.74) is 0. The normalized spacial score (nSPS) is 8.75. The lowest BCUT2D eigenvalue weighted by Gasteiger charge is -2.12. The van der Waals surface area contributed by atoms with Gasteiger partial charge in [-0.2, -0.15) is 0 Å². The number of hydrogen-bond acceptors (Lipinski definition) is 1. The number of carbonyl (C=O) groups is 1. The highest BCUT2D eigenvalue weighted by molar-refractivity contribution is 7.96. The molecule has 1 radical (unpaired) electrons. The second-order valence-electron chi connectivity index (χ2n) is 1.44. The van der Waals surface area contributed by atoms with Crippen molar-refractivity contribution in [2.45, 2.75) is 13.8 Å². The third-order valence-electron chi connectivity index (χ3n) is 1.02. The Morgan fingerprint density at radius 3 is 1.88 bits per heavy atom. The fourth-order valence-corrected chi connectivity index (χ4v) is 0.740. The van der Waals surface area contributed by atoms with Crippen molar-refractivity contribution >= 4 is 17.9 Å². The lowest BCUT2D eigenvalue weighted by Crippen LogP contribution is -2.24. The standard InChI is InChI=1S/C5H10NOS/c1-3-6(4-2)5(7)8/h3-4H2,1-2H3. The van der Waals surface area contributed by atoms with Crippen molar-refractivity contribution in [3.8, 4) is 0 Å². The van der Waals surface area contributed by atoms with Gasteiger partial charge in [0.1, 0.15) is 0 Å². The van der Waals surface area contributed by atoms with E-state index in [9.17, 15) is 4.79 Å². The Morgan fingerprint density at radius 2 is 1.88 bits per heavy atom. The molecule has 0 aromatic heterocycles. The molecule has 0 aliphatic rings. The maximum atomic E-state index is 10.3. The average molecular weight is 132 g/mol. The monoisotopic (exact) mass is 132 g/mol. The molecule has 1 amide bonds. The summed E-state index contributed by atoms with van der Waals surface area (Å²) in [6, 6.07) is 0. The van der Waals surface area contributed by atoms with Gasteiger partial charge in [0.05, 0.1) is 0 Å². The van der Waals surface area contributed by atoms with Gasteiger partial charge in [0.2, 0.25) is 0 Å². The number of amides is 1. The van der Waals surface area contributed by atoms with Crippen molar-refractivity contribution in [3.63, 3.8) is 0 Å². The summed E-state index contributed by atoms with van der Waals surface area (Å²) in [4.78, 5) is 11.9. The van der Waals surface area contributed by atoms with Gasteiger partial charge in [-0.1, -0.05) is 0 Å². The molecule has 0 heterocycles. The van der Waals surface area contributed by atoms with E-state index >= 15 is 0 Å². The molecule has 47 valence electrons. The molecule has 0 aliphatic heterocycles. The van der Waals surface area contributed by atoms with Gasteiger partial charge >= 0.3 is 5.24 Å². The van der Waals surface area contributed by atoms with E-state index in [2.05, 4.69) is 12.6 Å². The molecular formula is C5H10NOS. The van der Waals surface area contributed by atoms with Crippen molar-refractivity contribution in [2.75, 3.05) is 13.1 Å². The van der Waals surface area contributed by atoms with E-state index in [4.69, 9.17) is 0 Å². The van der Waals surface area contributed by atoms with E-state index in [1.807, 2.05) is 13.8 Å². The van der Waals surface area contributed by atoms with Gasteiger partial charge in [-0.15, -0.1) is 0 Å². The van der Waals surface area contributed by atoms with Crippen LogP contribution in [-0.4, -0.2) is 23.2 Å². The lowest BCUT2D eigenvalue weighted by molar-refractivity contribution is 0.229. The first-order chi connectivity index (χ1) is 3.72. The van der Waals surface area contributed by atoms with Crippen molar-refractivity contribution in [3.05, 3.63) is 0 Å². The first-order valence-electron chi connectivity index (χ1n) is 2.68. The summed E-state index contributed by atoms with van der Waals surface area (Å²) in [5, 5.41) is -0.255. The molecule has 0 bridgehead atoms. The number of nitrogens with zero attached hydrogens (tertiary/aromatic N) is 1. The molecule has 0 rings (SSSR count). The quantitative estimate of drug-likeness (QED) is 0.559. The highest BCUT2D eigenvalue weighted by Gasteiger charge is 2.02. The van der Waals surface area contributed by atoms with Crippen LogP contribution in [0.15, 0.2) is 0 Å². The van der Waals surface area contributed by atoms with E-state index in [1.165, 1.54) is 0 Å². The highest BCUT2D eigenvalue weighted by atomic mass is 32.1. The summed E-state index contributed by atoms with van der Waals surface area (Å²) in [5.74, 6) is 0. The number of carbonyl (C=O) groups excluding carboxylic acids is 1. The maximum absolute atomic E-state index is 10.3. The average Bonchev–Trinajstić information content (AvgIpc) is 1.69. The number of hydrogen-bond donors (Lipinski definition) is 0. The van der Waals surface area contributed by atoms with Crippen LogP contribution in [0.3, 0.4) is 0 Å². The van der Waals surface area contributed by atoms with Crippen LogP contribution in [0.5, 0.6) is 0 Å². The molecular weight excluding hydrogens is 122 g/mol. The molecule has 0 saturated carbocycles. The van der Waals surface area contributed by atoms with Crippen LogP contribution in [-0.2, 0) is 0 Å². The zero-order valence-electron chi connectivity index (χ0n) is 5.18. The smallest absolute Gasteiger partial charge is 0.313 e. The first-order valence-corrected chi connectivity index (χ1v) is 3.09. The maximum Gasteiger partial charge on any atom is 0.313 e. The van der Waals surface area contributed by atoms with E-state index in [1.54, 1.807) is 4.90 Å². The molecule has 8 heavy (non-hydrogen) atoms. The minimum absolute atomic E-state index is 0.255. The molecule has 0 aromatic rings. The molecule has 0 aromatic carbocycles. The molecule has 0 spiro atoms. The molecule has 3 heteroatoms. The van der Waals surface area contributed by atoms with Gasteiger partial charge in [-0.25, -0.2) is 0 Å². The van der Waals surface area contributed by atoms with Crippen molar-refractivity contribution < 1.29 is 4.79 Å². The molecule has 2 nitrogen and oxygen atoms in total. The minimum atomic E-state index is -0.255. The van der Waals surface area contributed by atoms with Crippen LogP contribution in [0.1, 0.15) is 13.8 Å². The van der Waals surface area contributed by atoms with Crippen LogP contribution in [0.25, 0.3) is 0 Å². The van der Waals surface area contributed by atoms with Crippen LogP contribution in [0.4, 0.5) is 4.79 Å². The van der Waals surface area contributed by atoms with Gasteiger partial charge in [0.15, 0.2) is 0 Å². The van der Waals surface area contributed by atoms with Crippen LogP contribution in [0.2, 0.25) is 0 Å². The zero-order chi connectivity index (χ0) is 6.57. The van der Waals surface area contributed by atoms with E-state index in [0.29, 0.717) is 0 Å². The Balaban J connectivity index is 3.52. The Bertz CT molecular complexity index is 80.5. The minimum Gasteiger partial charge on any atom is -0.330 e. The third kappa shape index (κ3) is 2.12. The summed E-state index contributed by atoms with van der Waals surface area (Å²) in [6.07, 6.45) is 0. The van der Waals surface area contributed by atoms with Gasteiger partial charge in [0.25, 0.3) is 0 Å². The van der Waals surface area contributed by atoms with Crippen LogP contribution in [0, 0.1) is 0 Å². The highest BCUT2D eigenvalue weighted by Crippen LogP contribution is 1.92. The van der Waals surface area contributed by atoms with Gasteiger partial charge in [-0.05, 0) is 26.5 Å². The summed E-state index contributed by atoms with van der Waals surface area (Å²) in [6.45, 7) is 5.26. The molecule has 0 aliphatic carbocycles. The first kappa shape index (κ1) is 7.69. The molecule has 0 N–H and O–H groups in total. The van der Waals surface area contributed by atoms with Gasteiger partial charge in [-0.3, -0.25) is 4.79 Å². The topological polar surface area (TPSA) is 20.3 Å². The molecule has 0 unspecified atom stereocenters. The summed E-state index contributed by atoms with van der Waals surface area (Å²) >= 11 is 4.39. The second-order valence-corrected chi connectivity index (χ2v) is 1.79. The predicted octanol–water partition coefficient (Wildman–Crippen LogP) is 1.65. The van der Waals surface area contributed by atoms with Gasteiger partial charge in [0, 0.05) is 13.1 Å².